The number of hydrogen-bond donors (Lipinski definition) is 0. The van der Waals surface area contributed by atoms with Crippen molar-refractivity contribution in [3.05, 3.63) is 52.7 Å². The quantitative estimate of drug-likeness (QED) is 0.705. The summed E-state index contributed by atoms with van der Waals surface area (Å²) in [6.45, 7) is 5.85. The van der Waals surface area contributed by atoms with Gasteiger partial charge < -0.3 is 14.5 Å². The number of carbonyl (C=O) groups excluding carboxylic acids is 1. The second-order valence-corrected chi connectivity index (χ2v) is 8.63. The van der Waals surface area contributed by atoms with E-state index in [1.54, 1.807) is 24.5 Å². The van der Waals surface area contributed by atoms with Crippen LogP contribution in [0.25, 0.3) is 6.08 Å². The number of benzene rings is 1. The number of carbonyl (C=O) groups is 1. The van der Waals surface area contributed by atoms with Crippen molar-refractivity contribution in [1.29, 1.82) is 0 Å². The molecule has 1 aromatic carbocycles. The van der Waals surface area contributed by atoms with E-state index in [4.69, 9.17) is 4.74 Å². The third kappa shape index (κ3) is 5.00. The molecule has 0 saturated carbocycles. The lowest BCUT2D eigenvalue weighted by atomic mass is 10.0. The fourth-order valence-electron chi connectivity index (χ4n) is 4.24. The summed E-state index contributed by atoms with van der Waals surface area (Å²) >= 11 is 1.66. The van der Waals surface area contributed by atoms with Gasteiger partial charge in [0.15, 0.2) is 0 Å². The maximum atomic E-state index is 12.6. The summed E-state index contributed by atoms with van der Waals surface area (Å²) in [5.41, 5.74) is 1.25. The number of thiophene rings is 1. The smallest absolute Gasteiger partial charge is 0.246 e. The van der Waals surface area contributed by atoms with Crippen LogP contribution in [0.1, 0.15) is 17.7 Å². The van der Waals surface area contributed by atoms with E-state index in [1.807, 2.05) is 40.6 Å². The Kier molecular flexibility index (Phi) is 6.52. The van der Waals surface area contributed by atoms with Crippen molar-refractivity contribution in [3.63, 3.8) is 0 Å². The van der Waals surface area contributed by atoms with E-state index in [9.17, 15) is 4.79 Å². The highest BCUT2D eigenvalue weighted by molar-refractivity contribution is 7.10. The number of hydrogen-bond acceptors (Lipinski definition) is 5. The number of rotatable bonds is 5. The Bertz CT molecular complexity index is 811. The summed E-state index contributed by atoms with van der Waals surface area (Å²) in [4.78, 5) is 20.8. The first-order valence-corrected chi connectivity index (χ1v) is 11.2. The molecule has 2 saturated heterocycles. The van der Waals surface area contributed by atoms with Gasteiger partial charge in [-0.2, -0.15) is 0 Å². The molecule has 2 fully saturated rings. The number of nitrogens with zero attached hydrogens (tertiary/aromatic N) is 3. The van der Waals surface area contributed by atoms with Gasteiger partial charge in [-0.05, 0) is 54.6 Å². The van der Waals surface area contributed by atoms with Crippen LogP contribution in [0.3, 0.4) is 0 Å². The molecule has 0 spiro atoms. The molecule has 154 valence electrons. The molecule has 6 heteroatoms. The molecule has 0 aliphatic carbocycles. The van der Waals surface area contributed by atoms with Gasteiger partial charge in [0.1, 0.15) is 5.75 Å². The summed E-state index contributed by atoms with van der Waals surface area (Å²) in [6, 6.07) is 12.8. The van der Waals surface area contributed by atoms with E-state index >= 15 is 0 Å². The molecule has 0 radical (unpaired) electrons. The van der Waals surface area contributed by atoms with E-state index < -0.39 is 0 Å². The summed E-state index contributed by atoms with van der Waals surface area (Å²) in [5.74, 6) is 1.03. The van der Waals surface area contributed by atoms with Gasteiger partial charge in [0.25, 0.3) is 0 Å². The lowest BCUT2D eigenvalue weighted by Gasteiger charge is -2.43. The Morgan fingerprint density at radius 2 is 1.90 bits per heavy atom. The number of piperidine rings is 1. The Balaban J connectivity index is 1.29. The maximum Gasteiger partial charge on any atom is 0.246 e. The molecule has 4 rings (SSSR count). The van der Waals surface area contributed by atoms with Crippen molar-refractivity contribution in [1.82, 2.24) is 9.80 Å². The fourth-order valence-corrected chi connectivity index (χ4v) is 4.85. The zero-order chi connectivity index (χ0) is 20.1. The summed E-state index contributed by atoms with van der Waals surface area (Å²) in [7, 11) is 1.70. The van der Waals surface area contributed by atoms with Crippen molar-refractivity contribution in [2.24, 2.45) is 0 Å². The zero-order valence-corrected chi connectivity index (χ0v) is 17.8. The van der Waals surface area contributed by atoms with Crippen LogP contribution in [0.15, 0.2) is 47.9 Å². The third-order valence-corrected chi connectivity index (χ3v) is 6.75. The predicted molar refractivity (Wildman–Crippen MR) is 120 cm³/mol. The van der Waals surface area contributed by atoms with Gasteiger partial charge >= 0.3 is 0 Å². The minimum absolute atomic E-state index is 0.139. The highest BCUT2D eigenvalue weighted by Crippen LogP contribution is 2.23. The monoisotopic (exact) mass is 411 g/mol. The molecular formula is C23H29N3O2S. The predicted octanol–water partition coefficient (Wildman–Crippen LogP) is 3.58. The van der Waals surface area contributed by atoms with Gasteiger partial charge in [0, 0.05) is 62.0 Å². The van der Waals surface area contributed by atoms with Crippen LogP contribution in [0.2, 0.25) is 0 Å². The fraction of sp³-hybridized carbons (Fsp3) is 0.435. The van der Waals surface area contributed by atoms with Crippen LogP contribution in [0.5, 0.6) is 5.75 Å². The van der Waals surface area contributed by atoms with E-state index in [0.29, 0.717) is 6.04 Å². The molecule has 0 N–H and O–H groups in total. The van der Waals surface area contributed by atoms with Crippen molar-refractivity contribution in [2.45, 2.75) is 18.9 Å². The van der Waals surface area contributed by atoms with Gasteiger partial charge in [0.05, 0.1) is 7.11 Å². The van der Waals surface area contributed by atoms with Crippen LogP contribution in [0, 0.1) is 0 Å². The van der Waals surface area contributed by atoms with E-state index in [2.05, 4.69) is 21.9 Å². The Hall–Kier alpha value is -2.31. The van der Waals surface area contributed by atoms with Gasteiger partial charge in [-0.25, -0.2) is 0 Å². The topological polar surface area (TPSA) is 36.0 Å². The molecule has 2 aliphatic rings. The molecule has 1 atom stereocenters. The van der Waals surface area contributed by atoms with Gasteiger partial charge in [-0.3, -0.25) is 9.69 Å². The van der Waals surface area contributed by atoms with E-state index in [-0.39, 0.29) is 5.91 Å². The van der Waals surface area contributed by atoms with E-state index in [0.717, 1.165) is 56.3 Å². The van der Waals surface area contributed by atoms with Crippen LogP contribution in [-0.4, -0.2) is 68.1 Å². The number of likely N-dealkylation sites (tertiary alicyclic amines) is 1. The molecule has 5 nitrogen and oxygen atoms in total. The highest BCUT2D eigenvalue weighted by Gasteiger charge is 2.29. The summed E-state index contributed by atoms with van der Waals surface area (Å²) in [6.07, 6.45) is 5.93. The highest BCUT2D eigenvalue weighted by atomic mass is 32.1. The first-order valence-electron chi connectivity index (χ1n) is 10.4. The van der Waals surface area contributed by atoms with Crippen LogP contribution in [-0.2, 0) is 4.79 Å². The molecule has 0 bridgehead atoms. The molecular weight excluding hydrogens is 382 g/mol. The molecule has 2 aliphatic heterocycles. The molecule has 0 unspecified atom stereocenters. The number of methoxy groups -OCH3 is 1. The number of anilines is 1. The standard InChI is InChI=1S/C23H29N3O2S/c1-28-21-8-6-19(7-9-21)24-13-15-25(16-14-24)20-4-2-12-26(18-20)23(27)11-10-22-5-3-17-29-22/h3,5-11,17,20H,2,4,12-16,18H2,1H3/b11-10+/t20-/m0/s1. The van der Waals surface area contributed by atoms with Crippen LogP contribution >= 0.6 is 11.3 Å². The third-order valence-electron chi connectivity index (χ3n) is 5.91. The average molecular weight is 412 g/mol. The average Bonchev–Trinajstić information content (AvgIpc) is 3.31. The lowest BCUT2D eigenvalue weighted by molar-refractivity contribution is -0.128. The van der Waals surface area contributed by atoms with Gasteiger partial charge in [0.2, 0.25) is 5.91 Å². The van der Waals surface area contributed by atoms with Crippen LogP contribution in [0.4, 0.5) is 5.69 Å². The second-order valence-electron chi connectivity index (χ2n) is 7.65. The molecule has 29 heavy (non-hydrogen) atoms. The van der Waals surface area contributed by atoms with Crippen molar-refractivity contribution < 1.29 is 9.53 Å². The SMILES string of the molecule is COc1ccc(N2CCN([C@H]3CCCN(C(=O)/C=C/c4cccs4)C3)CC2)cc1. The Morgan fingerprint density at radius 1 is 1.10 bits per heavy atom. The Morgan fingerprint density at radius 3 is 2.59 bits per heavy atom. The number of piperazine rings is 1. The minimum atomic E-state index is 0.139. The zero-order valence-electron chi connectivity index (χ0n) is 17.0. The maximum absolute atomic E-state index is 12.6. The number of ether oxygens (including phenoxy) is 1. The van der Waals surface area contributed by atoms with Crippen molar-refractivity contribution in [2.75, 3.05) is 51.3 Å². The minimum Gasteiger partial charge on any atom is -0.497 e. The largest absolute Gasteiger partial charge is 0.497 e. The van der Waals surface area contributed by atoms with Gasteiger partial charge in [-0.1, -0.05) is 6.07 Å². The second kappa shape index (κ2) is 9.46. The first kappa shape index (κ1) is 20.0. The van der Waals surface area contributed by atoms with E-state index in [1.165, 1.54) is 12.1 Å². The molecule has 2 aromatic rings. The summed E-state index contributed by atoms with van der Waals surface area (Å²) in [5, 5.41) is 2.03. The molecule has 1 aromatic heterocycles. The number of amides is 1. The molecule has 3 heterocycles. The Labute approximate surface area is 177 Å². The van der Waals surface area contributed by atoms with Gasteiger partial charge in [-0.15, -0.1) is 11.3 Å². The normalized spacial score (nSPS) is 20.9. The van der Waals surface area contributed by atoms with Crippen LogP contribution < -0.4 is 9.64 Å². The molecule has 1 amide bonds. The first-order chi connectivity index (χ1) is 14.2. The lowest BCUT2D eigenvalue weighted by Crippen LogP contribution is -2.55. The summed E-state index contributed by atoms with van der Waals surface area (Å²) < 4.78 is 5.26. The van der Waals surface area contributed by atoms with Crippen molar-refractivity contribution >= 4 is 29.0 Å². The van der Waals surface area contributed by atoms with Crippen molar-refractivity contribution in [3.8, 4) is 5.75 Å².